The summed E-state index contributed by atoms with van der Waals surface area (Å²) in [5, 5.41) is 15.0. The average molecular weight is 543 g/mol. The number of methoxy groups -OCH3 is 2. The molecule has 0 saturated carbocycles. The molecule has 10 heteroatoms. The Morgan fingerprint density at radius 3 is 2.50 bits per heavy atom. The second-order valence-electron chi connectivity index (χ2n) is 8.02. The molecule has 7 nitrogen and oxygen atoms in total. The molecule has 0 radical (unpaired) electrons. The third-order valence-corrected chi connectivity index (χ3v) is 7.84. The number of thioether (sulfide) groups is 1. The SMILES string of the molecule is CCn1c(SCC(=O)Nc2cc(OC)c(Cl)cc2OC)nnc1-c1csc(C)c1-c1ccc(C)cc1. The highest BCUT2D eigenvalue weighted by atomic mass is 35.5. The van der Waals surface area contributed by atoms with Gasteiger partial charge in [0.05, 0.1) is 30.7 Å². The predicted octanol–water partition coefficient (Wildman–Crippen LogP) is 6.71. The second-order valence-corrected chi connectivity index (χ2v) is 10.5. The Balaban J connectivity index is 1.54. The number of rotatable bonds is 9. The molecule has 0 aliphatic rings. The number of anilines is 1. The van der Waals surface area contributed by atoms with Crippen molar-refractivity contribution < 1.29 is 14.3 Å². The van der Waals surface area contributed by atoms with E-state index in [1.54, 1.807) is 23.5 Å². The van der Waals surface area contributed by atoms with Crippen LogP contribution in [-0.4, -0.2) is 40.6 Å². The van der Waals surface area contributed by atoms with Gasteiger partial charge < -0.3 is 19.4 Å². The molecule has 2 heterocycles. The van der Waals surface area contributed by atoms with Crippen molar-refractivity contribution in [1.82, 2.24) is 14.8 Å². The summed E-state index contributed by atoms with van der Waals surface area (Å²) in [6, 6.07) is 11.8. The molecule has 0 bridgehead atoms. The van der Waals surface area contributed by atoms with Gasteiger partial charge in [-0.25, -0.2) is 0 Å². The van der Waals surface area contributed by atoms with E-state index in [9.17, 15) is 4.79 Å². The number of amides is 1. The fourth-order valence-corrected chi connectivity index (χ4v) is 5.75. The topological polar surface area (TPSA) is 78.3 Å². The van der Waals surface area contributed by atoms with Gasteiger partial charge in [-0.05, 0) is 26.3 Å². The second kappa shape index (κ2) is 11.4. The minimum absolute atomic E-state index is 0.152. The molecule has 2 aromatic carbocycles. The van der Waals surface area contributed by atoms with Crippen LogP contribution in [0.15, 0.2) is 46.9 Å². The Bertz CT molecular complexity index is 1380. The molecular formula is C26H27ClN4O3S2. The molecule has 0 atom stereocenters. The van der Waals surface area contributed by atoms with Crippen LogP contribution in [0.3, 0.4) is 0 Å². The smallest absolute Gasteiger partial charge is 0.234 e. The van der Waals surface area contributed by atoms with Crippen LogP contribution in [0.5, 0.6) is 11.5 Å². The number of aromatic nitrogens is 3. The molecule has 1 N–H and O–H groups in total. The van der Waals surface area contributed by atoms with Crippen LogP contribution in [-0.2, 0) is 11.3 Å². The van der Waals surface area contributed by atoms with E-state index in [1.165, 1.54) is 42.0 Å². The average Bonchev–Trinajstić information content (AvgIpc) is 3.46. The van der Waals surface area contributed by atoms with Gasteiger partial charge in [0.2, 0.25) is 5.91 Å². The third-order valence-electron chi connectivity index (χ3n) is 5.67. The fraction of sp³-hybridized carbons (Fsp3) is 0.269. The van der Waals surface area contributed by atoms with Crippen LogP contribution in [0.25, 0.3) is 22.5 Å². The number of hydrogen-bond acceptors (Lipinski definition) is 7. The van der Waals surface area contributed by atoms with Gasteiger partial charge in [-0.15, -0.1) is 21.5 Å². The first-order valence-corrected chi connectivity index (χ1v) is 13.5. The van der Waals surface area contributed by atoms with Crippen molar-refractivity contribution in [2.75, 3.05) is 25.3 Å². The third kappa shape index (κ3) is 5.38. The van der Waals surface area contributed by atoms with Gasteiger partial charge >= 0.3 is 0 Å². The Labute approximate surface area is 223 Å². The van der Waals surface area contributed by atoms with E-state index < -0.39 is 0 Å². The van der Waals surface area contributed by atoms with Gasteiger partial charge in [-0.2, -0.15) is 0 Å². The van der Waals surface area contributed by atoms with E-state index in [0.29, 0.717) is 33.9 Å². The highest BCUT2D eigenvalue weighted by Gasteiger charge is 2.21. The van der Waals surface area contributed by atoms with E-state index >= 15 is 0 Å². The van der Waals surface area contributed by atoms with E-state index in [1.807, 2.05) is 11.5 Å². The molecule has 1 amide bonds. The van der Waals surface area contributed by atoms with Crippen molar-refractivity contribution in [2.45, 2.75) is 32.5 Å². The summed E-state index contributed by atoms with van der Waals surface area (Å²) in [6.07, 6.45) is 0. The quantitative estimate of drug-likeness (QED) is 0.237. The zero-order valence-electron chi connectivity index (χ0n) is 20.7. The summed E-state index contributed by atoms with van der Waals surface area (Å²) in [7, 11) is 3.04. The molecule has 0 unspecified atom stereocenters. The molecule has 0 spiro atoms. The Kier molecular flexibility index (Phi) is 8.23. The molecule has 0 saturated heterocycles. The maximum Gasteiger partial charge on any atom is 0.234 e. The fourth-order valence-electron chi connectivity index (χ4n) is 3.85. The lowest BCUT2D eigenvalue weighted by Crippen LogP contribution is -2.15. The molecule has 36 heavy (non-hydrogen) atoms. The minimum Gasteiger partial charge on any atom is -0.495 e. The van der Waals surface area contributed by atoms with Crippen molar-refractivity contribution in [2.24, 2.45) is 0 Å². The monoisotopic (exact) mass is 542 g/mol. The van der Waals surface area contributed by atoms with Crippen molar-refractivity contribution in [3.05, 3.63) is 57.2 Å². The summed E-state index contributed by atoms with van der Waals surface area (Å²) in [4.78, 5) is 14.0. The molecule has 4 rings (SSSR count). The summed E-state index contributed by atoms with van der Waals surface area (Å²) >= 11 is 9.19. The minimum atomic E-state index is -0.207. The molecule has 2 aromatic heterocycles. The summed E-state index contributed by atoms with van der Waals surface area (Å²) < 4.78 is 12.6. The normalized spacial score (nSPS) is 10.9. The first-order chi connectivity index (χ1) is 17.4. The number of nitrogens with zero attached hydrogens (tertiary/aromatic N) is 3. The number of hydrogen-bond donors (Lipinski definition) is 1. The summed E-state index contributed by atoms with van der Waals surface area (Å²) in [5.74, 6) is 1.64. The number of ether oxygens (including phenoxy) is 2. The van der Waals surface area contributed by atoms with Gasteiger partial charge in [-0.1, -0.05) is 53.2 Å². The van der Waals surface area contributed by atoms with Gasteiger partial charge in [-0.3, -0.25) is 4.79 Å². The number of carbonyl (C=O) groups is 1. The maximum absolute atomic E-state index is 12.8. The molecule has 4 aromatic rings. The number of nitrogens with one attached hydrogen (secondary N) is 1. The first-order valence-electron chi connectivity index (χ1n) is 11.3. The Morgan fingerprint density at radius 1 is 1.11 bits per heavy atom. The van der Waals surface area contributed by atoms with Crippen LogP contribution >= 0.6 is 34.7 Å². The van der Waals surface area contributed by atoms with E-state index in [4.69, 9.17) is 21.1 Å². The summed E-state index contributed by atoms with van der Waals surface area (Å²) in [6.45, 7) is 6.93. The van der Waals surface area contributed by atoms with E-state index in [2.05, 4.69) is 59.0 Å². The molecule has 0 aliphatic carbocycles. The highest BCUT2D eigenvalue weighted by molar-refractivity contribution is 7.99. The van der Waals surface area contributed by atoms with Crippen LogP contribution in [0.2, 0.25) is 5.02 Å². The van der Waals surface area contributed by atoms with Crippen molar-refractivity contribution in [1.29, 1.82) is 0 Å². The van der Waals surface area contributed by atoms with E-state index in [0.717, 1.165) is 17.0 Å². The van der Waals surface area contributed by atoms with Crippen LogP contribution in [0, 0.1) is 13.8 Å². The lowest BCUT2D eigenvalue weighted by molar-refractivity contribution is -0.113. The number of benzene rings is 2. The van der Waals surface area contributed by atoms with Gasteiger partial charge in [0.15, 0.2) is 11.0 Å². The first kappa shape index (κ1) is 26.1. The standard InChI is InChI=1S/C26H27ClN4O3S2/c1-6-31-25(18-13-35-16(3)24(18)17-9-7-15(2)8-10-17)29-30-26(31)36-14-23(32)28-20-12-21(33-4)19(27)11-22(20)34-5/h7-13H,6,14H2,1-5H3,(H,28,32). The lowest BCUT2D eigenvalue weighted by Gasteiger charge is -2.13. The van der Waals surface area contributed by atoms with Crippen molar-refractivity contribution in [3.8, 4) is 34.0 Å². The van der Waals surface area contributed by atoms with Crippen LogP contribution in [0.1, 0.15) is 17.4 Å². The molecule has 0 fully saturated rings. The van der Waals surface area contributed by atoms with Crippen LogP contribution < -0.4 is 14.8 Å². The van der Waals surface area contributed by atoms with Gasteiger partial charge in [0, 0.05) is 40.1 Å². The van der Waals surface area contributed by atoms with Crippen molar-refractivity contribution >= 4 is 46.3 Å². The largest absolute Gasteiger partial charge is 0.495 e. The van der Waals surface area contributed by atoms with Gasteiger partial charge in [0.25, 0.3) is 0 Å². The lowest BCUT2D eigenvalue weighted by atomic mass is 10.0. The Morgan fingerprint density at radius 2 is 1.83 bits per heavy atom. The zero-order chi connectivity index (χ0) is 25.8. The number of halogens is 1. The number of thiophene rings is 1. The van der Waals surface area contributed by atoms with E-state index in [-0.39, 0.29) is 11.7 Å². The molecule has 188 valence electrons. The maximum atomic E-state index is 12.8. The van der Waals surface area contributed by atoms with Crippen molar-refractivity contribution in [3.63, 3.8) is 0 Å². The number of carbonyl (C=O) groups excluding carboxylic acids is 1. The summed E-state index contributed by atoms with van der Waals surface area (Å²) in [5.41, 5.74) is 5.07. The zero-order valence-corrected chi connectivity index (χ0v) is 23.1. The number of aryl methyl sites for hydroxylation is 2. The van der Waals surface area contributed by atoms with Crippen LogP contribution in [0.4, 0.5) is 5.69 Å². The molecule has 0 aliphatic heterocycles. The molecular weight excluding hydrogens is 516 g/mol. The predicted molar refractivity (Wildman–Crippen MR) is 148 cm³/mol. The highest BCUT2D eigenvalue weighted by Crippen LogP contribution is 2.39. The van der Waals surface area contributed by atoms with Gasteiger partial charge in [0.1, 0.15) is 11.5 Å². The Hall–Kier alpha value is -3.01.